The van der Waals surface area contributed by atoms with Gasteiger partial charge in [0, 0.05) is 18.9 Å². The van der Waals surface area contributed by atoms with Crippen LogP contribution in [-0.4, -0.2) is 35.6 Å². The number of esters is 1. The van der Waals surface area contributed by atoms with Crippen LogP contribution in [0.3, 0.4) is 0 Å². The SMILES string of the molecule is C=C(C)[C@@H]1CC[C@]2(CCNC(C)=O)CC[C@]3(C)[C@H](CC[C@@H]4[C@@]5(C)CC[C@H](OC(=O)CC(C)(C)CC(=O)O)C(C)(C)[C@@H]5CC[C@]43C)[C@@H]12. The van der Waals surface area contributed by atoms with Crippen molar-refractivity contribution in [2.45, 2.75) is 152 Å². The summed E-state index contributed by atoms with van der Waals surface area (Å²) < 4.78 is 6.26. The van der Waals surface area contributed by atoms with Crippen LogP contribution >= 0.6 is 0 Å². The van der Waals surface area contributed by atoms with E-state index in [2.05, 4.69) is 53.4 Å². The average Bonchev–Trinajstić information content (AvgIpc) is 3.29. The molecule has 5 aliphatic rings. The molecule has 1 amide bonds. The van der Waals surface area contributed by atoms with Crippen LogP contribution in [0.4, 0.5) is 0 Å². The van der Waals surface area contributed by atoms with Gasteiger partial charge < -0.3 is 15.2 Å². The first-order valence-electron chi connectivity index (χ1n) is 18.5. The lowest BCUT2D eigenvalue weighted by atomic mass is 9.32. The first kappa shape index (κ1) is 35.5. The molecule has 6 nitrogen and oxygen atoms in total. The smallest absolute Gasteiger partial charge is 0.306 e. The summed E-state index contributed by atoms with van der Waals surface area (Å²) in [4.78, 5) is 36.3. The largest absolute Gasteiger partial charge is 0.481 e. The predicted molar refractivity (Wildman–Crippen MR) is 183 cm³/mol. The van der Waals surface area contributed by atoms with E-state index >= 15 is 0 Å². The summed E-state index contributed by atoms with van der Waals surface area (Å²) in [5.41, 5.74) is 1.63. The maximum absolute atomic E-state index is 13.2. The molecule has 10 atom stereocenters. The summed E-state index contributed by atoms with van der Waals surface area (Å²) >= 11 is 0. The van der Waals surface area contributed by atoms with E-state index in [4.69, 9.17) is 4.74 Å². The van der Waals surface area contributed by atoms with Crippen LogP contribution in [-0.2, 0) is 19.1 Å². The Morgan fingerprint density at radius 2 is 1.54 bits per heavy atom. The number of nitrogens with one attached hydrogen (secondary N) is 1. The van der Waals surface area contributed by atoms with Crippen LogP contribution < -0.4 is 5.32 Å². The molecule has 0 aromatic rings. The van der Waals surface area contributed by atoms with Gasteiger partial charge in [-0.15, -0.1) is 0 Å². The van der Waals surface area contributed by atoms with Crippen molar-refractivity contribution in [2.75, 3.05) is 6.54 Å². The minimum absolute atomic E-state index is 0.0404. The number of aliphatic carboxylic acids is 1. The maximum Gasteiger partial charge on any atom is 0.306 e. The molecular formula is C40H65NO5. The Morgan fingerprint density at radius 1 is 0.848 bits per heavy atom. The Kier molecular flexibility index (Phi) is 9.20. The zero-order chi connectivity index (χ0) is 34.1. The first-order valence-corrected chi connectivity index (χ1v) is 18.5. The molecule has 5 aliphatic carbocycles. The molecule has 0 aromatic carbocycles. The summed E-state index contributed by atoms with van der Waals surface area (Å²) in [5.74, 6) is 1.98. The standard InChI is InChI=1S/C40H65NO5/c1-25(2)27-13-18-40(21-22-41-26(3)42)20-19-38(9)28(34(27)40)11-12-30-37(8)16-15-31(36(6,7)29(37)14-17-39(30,38)10)46-33(45)24-35(4,5)23-32(43)44/h27-31,34H,1,11-24H2,2-10H3,(H,41,42)(H,43,44)/t27-,28+,29-,30+,31-,34+,37-,38+,39+,40+/m0/s1. The van der Waals surface area contributed by atoms with E-state index in [1.165, 1.54) is 56.9 Å². The summed E-state index contributed by atoms with van der Waals surface area (Å²) in [5, 5.41) is 12.4. The van der Waals surface area contributed by atoms with Crippen molar-refractivity contribution >= 4 is 17.8 Å². The second-order valence-electron chi connectivity index (χ2n) is 19.0. The lowest BCUT2D eigenvalue weighted by Gasteiger charge is -2.73. The highest BCUT2D eigenvalue weighted by atomic mass is 16.5. The first-order chi connectivity index (χ1) is 21.2. The molecule has 0 aromatic heterocycles. The third-order valence-corrected chi connectivity index (χ3v) is 15.7. The van der Waals surface area contributed by atoms with E-state index in [9.17, 15) is 19.5 Å². The van der Waals surface area contributed by atoms with Crippen molar-refractivity contribution < 1.29 is 24.2 Å². The maximum atomic E-state index is 13.2. The number of amides is 1. The van der Waals surface area contributed by atoms with Gasteiger partial charge in [0.05, 0.1) is 12.8 Å². The Morgan fingerprint density at radius 3 is 2.17 bits per heavy atom. The lowest BCUT2D eigenvalue weighted by Crippen LogP contribution is -2.66. The fourth-order valence-corrected chi connectivity index (χ4v) is 13.4. The third-order valence-electron chi connectivity index (χ3n) is 15.7. The highest BCUT2D eigenvalue weighted by molar-refractivity contribution is 5.73. The number of carboxylic acids is 1. The van der Waals surface area contributed by atoms with Crippen molar-refractivity contribution in [1.82, 2.24) is 5.32 Å². The Hall–Kier alpha value is -1.85. The number of hydrogen-bond acceptors (Lipinski definition) is 4. The number of fused-ring (bicyclic) bond motifs is 7. The molecule has 5 fully saturated rings. The summed E-state index contributed by atoms with van der Waals surface area (Å²) in [7, 11) is 0. The Labute approximate surface area is 279 Å². The van der Waals surface area contributed by atoms with Crippen molar-refractivity contribution in [3.05, 3.63) is 12.2 Å². The Bertz CT molecular complexity index is 1240. The fraction of sp³-hybridized carbons (Fsp3) is 0.875. The van der Waals surface area contributed by atoms with Crippen molar-refractivity contribution in [3.8, 4) is 0 Å². The molecule has 0 spiro atoms. The second kappa shape index (κ2) is 11.9. The fourth-order valence-electron chi connectivity index (χ4n) is 13.4. The summed E-state index contributed by atoms with van der Waals surface area (Å²) in [6, 6.07) is 0. The molecule has 0 aliphatic heterocycles. The molecule has 0 saturated heterocycles. The number of allylic oxidation sites excluding steroid dienone is 1. The third kappa shape index (κ3) is 5.67. The minimum Gasteiger partial charge on any atom is -0.481 e. The number of carbonyl (C=O) groups excluding carboxylic acids is 2. The van der Waals surface area contributed by atoms with Crippen LogP contribution in [0.5, 0.6) is 0 Å². The van der Waals surface area contributed by atoms with E-state index in [-0.39, 0.29) is 52.5 Å². The van der Waals surface area contributed by atoms with Crippen LogP contribution in [0.2, 0.25) is 0 Å². The Balaban J connectivity index is 1.38. The topological polar surface area (TPSA) is 92.7 Å². The normalized spacial score (nSPS) is 42.9. The molecule has 5 saturated carbocycles. The van der Waals surface area contributed by atoms with E-state index < -0.39 is 11.4 Å². The van der Waals surface area contributed by atoms with Gasteiger partial charge in [-0.05, 0) is 134 Å². The molecule has 0 radical (unpaired) electrons. The number of ether oxygens (including phenoxy) is 1. The molecule has 2 N–H and O–H groups in total. The quantitative estimate of drug-likeness (QED) is 0.194. The zero-order valence-electron chi connectivity index (χ0n) is 30.7. The highest BCUT2D eigenvalue weighted by Crippen LogP contribution is 2.78. The van der Waals surface area contributed by atoms with Gasteiger partial charge in [-0.1, -0.05) is 60.6 Å². The van der Waals surface area contributed by atoms with Crippen molar-refractivity contribution in [3.63, 3.8) is 0 Å². The predicted octanol–water partition coefficient (Wildman–Crippen LogP) is 8.97. The molecule has 0 heterocycles. The van der Waals surface area contributed by atoms with Crippen molar-refractivity contribution in [2.24, 2.45) is 62.1 Å². The molecule has 260 valence electrons. The van der Waals surface area contributed by atoms with Gasteiger partial charge in [0.15, 0.2) is 0 Å². The zero-order valence-corrected chi connectivity index (χ0v) is 30.7. The molecule has 5 rings (SSSR count). The van der Waals surface area contributed by atoms with Crippen molar-refractivity contribution in [1.29, 1.82) is 0 Å². The molecule has 0 bridgehead atoms. The molecule has 6 heteroatoms. The van der Waals surface area contributed by atoms with Gasteiger partial charge >= 0.3 is 11.9 Å². The van der Waals surface area contributed by atoms with E-state index in [1.807, 2.05) is 13.8 Å². The summed E-state index contributed by atoms with van der Waals surface area (Å²) in [6.45, 7) is 25.5. The van der Waals surface area contributed by atoms with Crippen LogP contribution in [0.25, 0.3) is 0 Å². The number of hydrogen-bond donors (Lipinski definition) is 2. The van der Waals surface area contributed by atoms with Gasteiger partial charge in [-0.2, -0.15) is 0 Å². The number of carbonyl (C=O) groups is 3. The van der Waals surface area contributed by atoms with Gasteiger partial charge in [0.2, 0.25) is 5.91 Å². The number of carboxylic acid groups (broad SMARTS) is 1. The van der Waals surface area contributed by atoms with E-state index in [0.717, 1.165) is 25.8 Å². The molecule has 0 unspecified atom stereocenters. The van der Waals surface area contributed by atoms with Gasteiger partial charge in [-0.25, -0.2) is 0 Å². The van der Waals surface area contributed by atoms with Crippen LogP contribution in [0.1, 0.15) is 146 Å². The second-order valence-corrected chi connectivity index (χ2v) is 19.0. The monoisotopic (exact) mass is 639 g/mol. The number of rotatable bonds is 9. The average molecular weight is 640 g/mol. The lowest BCUT2D eigenvalue weighted by molar-refractivity contribution is -0.250. The van der Waals surface area contributed by atoms with Gasteiger partial charge in [0.1, 0.15) is 6.10 Å². The van der Waals surface area contributed by atoms with E-state index in [0.29, 0.717) is 35.0 Å². The van der Waals surface area contributed by atoms with Crippen LogP contribution in [0.15, 0.2) is 12.2 Å². The van der Waals surface area contributed by atoms with E-state index in [1.54, 1.807) is 6.92 Å². The van der Waals surface area contributed by atoms with Gasteiger partial charge in [-0.3, -0.25) is 14.4 Å². The van der Waals surface area contributed by atoms with Gasteiger partial charge in [0.25, 0.3) is 0 Å². The molecular weight excluding hydrogens is 574 g/mol. The van der Waals surface area contributed by atoms with Crippen LogP contribution in [0, 0.1) is 62.1 Å². The minimum atomic E-state index is -0.878. The molecule has 46 heavy (non-hydrogen) atoms. The summed E-state index contributed by atoms with van der Waals surface area (Å²) in [6.07, 6.45) is 13.0. The highest BCUT2D eigenvalue weighted by Gasteiger charge is 2.71.